The first kappa shape index (κ1) is 22.8. The van der Waals surface area contributed by atoms with Crippen molar-refractivity contribution in [3.63, 3.8) is 0 Å². The van der Waals surface area contributed by atoms with E-state index in [9.17, 15) is 0 Å². The van der Waals surface area contributed by atoms with Gasteiger partial charge in [0, 0.05) is 0 Å². The zero-order chi connectivity index (χ0) is 18.4. The molecule has 0 saturated heterocycles. The molecule has 0 aromatic heterocycles. The minimum atomic E-state index is -3.58. The Morgan fingerprint density at radius 2 is 1.29 bits per heavy atom. The third-order valence-corrected chi connectivity index (χ3v) is 62.9. The zero-order valence-corrected chi connectivity index (χ0v) is 22.3. The van der Waals surface area contributed by atoms with Gasteiger partial charge in [0.1, 0.15) is 0 Å². The number of nitrogens with one attached hydrogen (secondary N) is 3. The second kappa shape index (κ2) is 9.64. The molecule has 0 aromatic rings. The molecule has 1 aliphatic carbocycles. The molecule has 0 saturated carbocycles. The zero-order valence-electron chi connectivity index (χ0n) is 17.4. The second-order valence-corrected chi connectivity index (χ2v) is 53.8. The van der Waals surface area contributed by atoms with Crippen molar-refractivity contribution in [2.75, 3.05) is 19.6 Å². The second-order valence-electron chi connectivity index (χ2n) is 9.13. The average Bonchev–Trinajstić information content (AvgIpc) is 3.02. The number of allylic oxidation sites excluding steroid dienone is 4. The Hall–Kier alpha value is 0.786. The monoisotopic (exact) mass is 476 g/mol. The summed E-state index contributed by atoms with van der Waals surface area (Å²) in [6.45, 7) is 17.3. The van der Waals surface area contributed by atoms with Gasteiger partial charge in [0.25, 0.3) is 0 Å². The molecule has 0 aromatic carbocycles. The Morgan fingerprint density at radius 3 is 1.54 bits per heavy atom. The predicted octanol–water partition coefficient (Wildman–Crippen LogP) is 3.99. The van der Waals surface area contributed by atoms with E-state index >= 15 is 0 Å². The Labute approximate surface area is 155 Å². The van der Waals surface area contributed by atoms with Crippen molar-refractivity contribution < 1.29 is 17.1 Å². The van der Waals surface area contributed by atoms with Crippen molar-refractivity contribution in [1.82, 2.24) is 9.78 Å². The molecule has 1 aliphatic rings. The van der Waals surface area contributed by atoms with Gasteiger partial charge in [-0.2, -0.15) is 0 Å². The number of hydrogen-bond donors (Lipinski definition) is 3. The Kier molecular flexibility index (Phi) is 9.17. The first-order valence-corrected chi connectivity index (χ1v) is 28.3. The van der Waals surface area contributed by atoms with Crippen LogP contribution in [0.25, 0.3) is 0 Å². The molecule has 0 spiro atoms. The van der Waals surface area contributed by atoms with E-state index in [2.05, 4.69) is 81.1 Å². The van der Waals surface area contributed by atoms with E-state index in [0.29, 0.717) is 17.8 Å². The van der Waals surface area contributed by atoms with Crippen LogP contribution in [0.15, 0.2) is 21.5 Å². The van der Waals surface area contributed by atoms with Crippen LogP contribution < -0.4 is 9.78 Å². The van der Waals surface area contributed by atoms with Crippen LogP contribution in [0.3, 0.4) is 0 Å². The summed E-state index contributed by atoms with van der Waals surface area (Å²) in [6.07, 6.45) is 8.19. The van der Waals surface area contributed by atoms with Gasteiger partial charge in [-0.15, -0.1) is 0 Å². The fraction of sp³-hybridized carbons (Fsp3) is 0.789. The Balaban J connectivity index is 3.36. The first-order valence-electron chi connectivity index (χ1n) is 9.91. The molecule has 5 heteroatoms. The molecule has 1 rings (SSSR count). The molecule has 0 radical (unpaired) electrons. The number of rotatable bonds is 11. The van der Waals surface area contributed by atoms with Crippen LogP contribution >= 0.6 is 0 Å². The van der Waals surface area contributed by atoms with Crippen LogP contribution in [0.5, 0.6) is 0 Å². The quantitative estimate of drug-likeness (QED) is 0.395. The van der Waals surface area contributed by atoms with Crippen molar-refractivity contribution in [3.8, 4) is 0 Å². The van der Waals surface area contributed by atoms with E-state index in [4.69, 9.17) is 0 Å². The molecule has 0 heterocycles. The molecular weight excluding hydrogens is 434 g/mol. The summed E-state index contributed by atoms with van der Waals surface area (Å²) in [4.78, 5) is 0. The van der Waals surface area contributed by atoms with Crippen molar-refractivity contribution in [2.24, 2.45) is 17.8 Å². The molecule has 0 amide bonds. The van der Waals surface area contributed by atoms with Crippen LogP contribution in [-0.2, 0) is 17.1 Å². The van der Waals surface area contributed by atoms with Crippen LogP contribution in [0.2, 0.25) is 11.5 Å². The maximum absolute atomic E-state index is 4.26. The fourth-order valence-electron chi connectivity index (χ4n) is 3.59. The van der Waals surface area contributed by atoms with Gasteiger partial charge in [0.15, 0.2) is 0 Å². The molecule has 0 fully saturated rings. The molecule has 3 N–H and O–H groups in total. The third-order valence-electron chi connectivity index (χ3n) is 5.23. The van der Waals surface area contributed by atoms with Gasteiger partial charge < -0.3 is 0 Å². The van der Waals surface area contributed by atoms with E-state index in [-0.39, 0.29) is 0 Å². The SMILES string of the molecule is CC(C)C[NH][Zr]([NH]CC(C)C)([NH]CC(C)C)([C]1=CC=CC1)[GeH]([CH3])[CH3]. The first-order chi connectivity index (χ1) is 11.1. The minimum absolute atomic E-state index is 0.677. The summed E-state index contributed by atoms with van der Waals surface area (Å²) in [7, 11) is -1.58. The standard InChI is InChI=1S/C5H5.3C4H10N.C2H7Ge.Zr/c1-2-4-5-3-1;3*1-4(2)3-5;1-3-2;/h1-3H,4H2;3*4-5H,3H2,1-2H3;3H,1-2H3;/q;3*-1;;+3. The van der Waals surface area contributed by atoms with Gasteiger partial charge >= 0.3 is 156 Å². The molecule has 0 aliphatic heterocycles. The fourth-order valence-corrected chi connectivity index (χ4v) is 51.0. The number of hydrogen-bond acceptors (Lipinski definition) is 3. The third kappa shape index (κ3) is 5.39. The van der Waals surface area contributed by atoms with Crippen molar-refractivity contribution >= 4 is 10.6 Å². The van der Waals surface area contributed by atoms with E-state index in [0.717, 1.165) is 26.1 Å². The predicted molar refractivity (Wildman–Crippen MR) is 109 cm³/mol. The molecule has 141 valence electrons. The van der Waals surface area contributed by atoms with E-state index in [1.165, 1.54) is 0 Å². The van der Waals surface area contributed by atoms with Gasteiger partial charge in [0.2, 0.25) is 0 Å². The summed E-state index contributed by atoms with van der Waals surface area (Å²) in [5, 5.41) is 0. The van der Waals surface area contributed by atoms with Crippen molar-refractivity contribution in [3.05, 3.63) is 21.5 Å². The van der Waals surface area contributed by atoms with Crippen molar-refractivity contribution in [2.45, 2.75) is 59.5 Å². The van der Waals surface area contributed by atoms with E-state index in [1.54, 1.807) is 3.28 Å². The van der Waals surface area contributed by atoms with Gasteiger partial charge in [0.05, 0.1) is 0 Å². The van der Waals surface area contributed by atoms with E-state index < -0.39 is 27.7 Å². The Bertz CT molecular complexity index is 421. The van der Waals surface area contributed by atoms with Crippen LogP contribution in [0.4, 0.5) is 0 Å². The summed E-state index contributed by atoms with van der Waals surface area (Å²) >= 11 is -3.58. The Morgan fingerprint density at radius 1 is 0.875 bits per heavy atom. The molecule has 24 heavy (non-hydrogen) atoms. The molecular formula is C19H42GeN3Zr. The molecule has 3 nitrogen and oxygen atoms in total. The van der Waals surface area contributed by atoms with Crippen molar-refractivity contribution in [1.29, 1.82) is 0 Å². The molecule has 0 bridgehead atoms. The van der Waals surface area contributed by atoms with Crippen LogP contribution in [-0.4, -0.2) is 30.2 Å². The normalized spacial score (nSPS) is 17.2. The van der Waals surface area contributed by atoms with Crippen LogP contribution in [0.1, 0.15) is 48.0 Å². The van der Waals surface area contributed by atoms with Gasteiger partial charge in [-0.1, -0.05) is 0 Å². The van der Waals surface area contributed by atoms with Gasteiger partial charge in [-0.3, -0.25) is 0 Å². The average molecular weight is 476 g/mol. The van der Waals surface area contributed by atoms with Gasteiger partial charge in [-0.25, -0.2) is 0 Å². The van der Waals surface area contributed by atoms with E-state index in [1.807, 2.05) is 0 Å². The topological polar surface area (TPSA) is 36.1 Å². The summed E-state index contributed by atoms with van der Waals surface area (Å²) in [5.74, 6) is 7.23. The summed E-state index contributed by atoms with van der Waals surface area (Å²) in [6, 6.07) is 0. The van der Waals surface area contributed by atoms with Gasteiger partial charge in [-0.05, 0) is 0 Å². The summed E-state index contributed by atoms with van der Waals surface area (Å²) in [5.41, 5.74) is 0. The van der Waals surface area contributed by atoms with Crippen LogP contribution in [0, 0.1) is 17.8 Å². The summed E-state index contributed by atoms with van der Waals surface area (Å²) < 4.78 is 14.5. The molecule has 0 atom stereocenters. The molecule has 0 unspecified atom stereocenters. The maximum atomic E-state index is 4.26.